The van der Waals surface area contributed by atoms with Crippen LogP contribution in [0.15, 0.2) is 0 Å². The third-order valence-electron chi connectivity index (χ3n) is 5.41. The molecular weight excluding hydrogens is 236 g/mol. The molecule has 1 aliphatic carbocycles. The molecule has 19 heavy (non-hydrogen) atoms. The van der Waals surface area contributed by atoms with Crippen LogP contribution in [0.4, 0.5) is 0 Å². The van der Waals surface area contributed by atoms with Gasteiger partial charge in [0, 0.05) is 12.5 Å². The summed E-state index contributed by atoms with van der Waals surface area (Å²) in [4.78, 5) is 15.2. The Morgan fingerprint density at radius 2 is 1.74 bits per heavy atom. The van der Waals surface area contributed by atoms with E-state index in [9.17, 15) is 4.79 Å². The van der Waals surface area contributed by atoms with Gasteiger partial charge in [-0.05, 0) is 51.2 Å². The van der Waals surface area contributed by atoms with Gasteiger partial charge in [0.15, 0.2) is 0 Å². The molecule has 0 amide bonds. The van der Waals surface area contributed by atoms with Crippen molar-refractivity contribution in [2.45, 2.75) is 69.9 Å². The van der Waals surface area contributed by atoms with E-state index in [1.54, 1.807) is 0 Å². The second-order valence-corrected chi connectivity index (χ2v) is 6.70. The molecule has 1 atom stereocenters. The maximum Gasteiger partial charge on any atom is 0.150 e. The summed E-state index contributed by atoms with van der Waals surface area (Å²) < 4.78 is 0. The monoisotopic (exact) mass is 264 g/mol. The van der Waals surface area contributed by atoms with Gasteiger partial charge in [-0.2, -0.15) is 0 Å². The molecule has 2 aliphatic heterocycles. The molecule has 0 radical (unpaired) electrons. The third kappa shape index (κ3) is 3.19. The number of piperidine rings is 1. The summed E-state index contributed by atoms with van der Waals surface area (Å²) in [5, 5.41) is 3.43. The minimum atomic E-state index is 0.267. The summed E-state index contributed by atoms with van der Waals surface area (Å²) in [5.41, 5.74) is 0. The number of rotatable bonds is 4. The lowest BCUT2D eigenvalue weighted by Gasteiger charge is -2.35. The Balaban J connectivity index is 1.56. The van der Waals surface area contributed by atoms with Crippen molar-refractivity contribution in [2.24, 2.45) is 5.92 Å². The molecule has 3 heteroatoms. The van der Waals surface area contributed by atoms with Gasteiger partial charge in [0.05, 0.1) is 6.04 Å². The zero-order valence-corrected chi connectivity index (χ0v) is 12.1. The molecule has 3 fully saturated rings. The van der Waals surface area contributed by atoms with Crippen molar-refractivity contribution in [1.82, 2.24) is 10.2 Å². The van der Waals surface area contributed by atoms with Crippen LogP contribution in [0.2, 0.25) is 0 Å². The summed E-state index contributed by atoms with van der Waals surface area (Å²) in [7, 11) is 0. The quantitative estimate of drug-likeness (QED) is 0.846. The van der Waals surface area contributed by atoms with E-state index < -0.39 is 0 Å². The van der Waals surface area contributed by atoms with Gasteiger partial charge in [0.1, 0.15) is 5.78 Å². The fourth-order valence-electron chi connectivity index (χ4n) is 4.35. The van der Waals surface area contributed by atoms with Crippen LogP contribution in [-0.4, -0.2) is 42.4 Å². The molecule has 1 unspecified atom stereocenters. The standard InChI is InChI=1S/C16H28N2O/c19-16(12-13-4-1-2-5-13)15-6-3-11-18(15)14-7-9-17-10-8-14/h13-15,17H,1-12H2. The Labute approximate surface area is 117 Å². The number of nitrogens with one attached hydrogen (secondary N) is 1. The number of hydrogen-bond acceptors (Lipinski definition) is 3. The summed E-state index contributed by atoms with van der Waals surface area (Å²) in [6.45, 7) is 3.42. The molecule has 2 heterocycles. The van der Waals surface area contributed by atoms with Crippen LogP contribution >= 0.6 is 0 Å². The van der Waals surface area contributed by atoms with E-state index in [4.69, 9.17) is 0 Å². The van der Waals surface area contributed by atoms with Crippen molar-refractivity contribution >= 4 is 5.78 Å². The zero-order chi connectivity index (χ0) is 13.1. The number of carbonyl (C=O) groups is 1. The fraction of sp³-hybridized carbons (Fsp3) is 0.938. The first-order chi connectivity index (χ1) is 9.34. The first kappa shape index (κ1) is 13.6. The summed E-state index contributed by atoms with van der Waals surface area (Å²) in [5.74, 6) is 1.27. The number of ketones is 1. The van der Waals surface area contributed by atoms with Crippen LogP contribution in [0.25, 0.3) is 0 Å². The molecule has 0 aromatic heterocycles. The highest BCUT2D eigenvalue weighted by Crippen LogP contribution is 2.31. The van der Waals surface area contributed by atoms with Crippen molar-refractivity contribution in [3.05, 3.63) is 0 Å². The van der Waals surface area contributed by atoms with Crippen LogP contribution in [0.1, 0.15) is 57.8 Å². The molecule has 108 valence electrons. The Morgan fingerprint density at radius 1 is 1.00 bits per heavy atom. The minimum Gasteiger partial charge on any atom is -0.317 e. The molecule has 3 aliphatic rings. The van der Waals surface area contributed by atoms with E-state index >= 15 is 0 Å². The number of carbonyl (C=O) groups excluding carboxylic acids is 1. The van der Waals surface area contributed by atoms with Gasteiger partial charge in [0.2, 0.25) is 0 Å². The number of likely N-dealkylation sites (tertiary alicyclic amines) is 1. The highest BCUT2D eigenvalue weighted by atomic mass is 16.1. The number of hydrogen-bond donors (Lipinski definition) is 1. The SMILES string of the molecule is O=C(CC1CCCC1)C1CCCN1C1CCNCC1. The van der Waals surface area contributed by atoms with Crippen LogP contribution < -0.4 is 5.32 Å². The van der Waals surface area contributed by atoms with E-state index in [2.05, 4.69) is 10.2 Å². The predicted molar refractivity (Wildman–Crippen MR) is 77.2 cm³/mol. The zero-order valence-electron chi connectivity index (χ0n) is 12.1. The third-order valence-corrected chi connectivity index (χ3v) is 5.41. The lowest BCUT2D eigenvalue weighted by atomic mass is 9.95. The largest absolute Gasteiger partial charge is 0.317 e. The molecule has 0 aromatic rings. The topological polar surface area (TPSA) is 32.3 Å². The van der Waals surface area contributed by atoms with Gasteiger partial charge in [-0.1, -0.05) is 25.7 Å². The van der Waals surface area contributed by atoms with Crippen LogP contribution in [0, 0.1) is 5.92 Å². The Morgan fingerprint density at radius 3 is 2.47 bits per heavy atom. The normalized spacial score (nSPS) is 31.1. The number of Topliss-reactive ketones (excluding diaryl/α,β-unsaturated/α-hetero) is 1. The Bertz CT molecular complexity index is 306. The van der Waals surface area contributed by atoms with E-state index in [0.29, 0.717) is 17.7 Å². The number of nitrogens with zero attached hydrogens (tertiary/aromatic N) is 1. The fourth-order valence-corrected chi connectivity index (χ4v) is 4.35. The lowest BCUT2D eigenvalue weighted by Crippen LogP contribution is -2.48. The van der Waals surface area contributed by atoms with E-state index in [1.165, 1.54) is 44.9 Å². The lowest BCUT2D eigenvalue weighted by molar-refractivity contribution is -0.125. The highest BCUT2D eigenvalue weighted by molar-refractivity contribution is 5.84. The van der Waals surface area contributed by atoms with Crippen LogP contribution in [0.3, 0.4) is 0 Å². The Hall–Kier alpha value is -0.410. The van der Waals surface area contributed by atoms with Gasteiger partial charge in [-0.25, -0.2) is 0 Å². The van der Waals surface area contributed by atoms with Gasteiger partial charge >= 0.3 is 0 Å². The van der Waals surface area contributed by atoms with Crippen LogP contribution in [0.5, 0.6) is 0 Å². The van der Waals surface area contributed by atoms with Gasteiger partial charge < -0.3 is 5.32 Å². The Kier molecular flexibility index (Phi) is 4.54. The minimum absolute atomic E-state index is 0.267. The first-order valence-electron chi connectivity index (χ1n) is 8.34. The predicted octanol–water partition coefficient (Wildman–Crippen LogP) is 2.35. The van der Waals surface area contributed by atoms with Gasteiger partial charge in [-0.3, -0.25) is 9.69 Å². The second-order valence-electron chi connectivity index (χ2n) is 6.70. The summed E-state index contributed by atoms with van der Waals surface area (Å²) in [6.07, 6.45) is 11.0. The highest BCUT2D eigenvalue weighted by Gasteiger charge is 2.36. The average Bonchev–Trinajstić information content (AvgIpc) is 3.10. The molecular formula is C16H28N2O. The molecule has 1 saturated carbocycles. The van der Waals surface area contributed by atoms with Crippen molar-refractivity contribution in [3.8, 4) is 0 Å². The summed E-state index contributed by atoms with van der Waals surface area (Å²) >= 11 is 0. The van der Waals surface area contributed by atoms with Gasteiger partial charge in [-0.15, -0.1) is 0 Å². The van der Waals surface area contributed by atoms with Gasteiger partial charge in [0.25, 0.3) is 0 Å². The molecule has 3 nitrogen and oxygen atoms in total. The van der Waals surface area contributed by atoms with Crippen molar-refractivity contribution < 1.29 is 4.79 Å². The van der Waals surface area contributed by atoms with Crippen LogP contribution in [-0.2, 0) is 4.79 Å². The molecule has 0 bridgehead atoms. The maximum atomic E-state index is 12.6. The van der Waals surface area contributed by atoms with Crippen molar-refractivity contribution in [1.29, 1.82) is 0 Å². The summed E-state index contributed by atoms with van der Waals surface area (Å²) in [6, 6.07) is 0.935. The van der Waals surface area contributed by atoms with E-state index in [-0.39, 0.29) is 6.04 Å². The van der Waals surface area contributed by atoms with E-state index in [1.807, 2.05) is 0 Å². The van der Waals surface area contributed by atoms with Crippen molar-refractivity contribution in [3.63, 3.8) is 0 Å². The second kappa shape index (κ2) is 6.36. The smallest absolute Gasteiger partial charge is 0.150 e. The molecule has 0 spiro atoms. The molecule has 1 N–H and O–H groups in total. The molecule has 0 aromatic carbocycles. The first-order valence-corrected chi connectivity index (χ1v) is 8.34. The molecule has 3 rings (SSSR count). The average molecular weight is 264 g/mol. The van der Waals surface area contributed by atoms with Crippen molar-refractivity contribution in [2.75, 3.05) is 19.6 Å². The maximum absolute atomic E-state index is 12.6. The van der Waals surface area contributed by atoms with E-state index in [0.717, 1.165) is 32.5 Å². The molecule has 2 saturated heterocycles.